The van der Waals surface area contributed by atoms with E-state index in [-0.39, 0.29) is 11.9 Å². The molecule has 2 N–H and O–H groups in total. The highest BCUT2D eigenvalue weighted by molar-refractivity contribution is 5.76. The Labute approximate surface area is 93.0 Å². The van der Waals surface area contributed by atoms with E-state index in [1.165, 1.54) is 0 Å². The van der Waals surface area contributed by atoms with E-state index < -0.39 is 0 Å². The molecule has 2 atom stereocenters. The lowest BCUT2D eigenvalue weighted by molar-refractivity contribution is -0.136. The van der Waals surface area contributed by atoms with E-state index in [0.717, 1.165) is 19.4 Å². The molecule has 1 saturated heterocycles. The van der Waals surface area contributed by atoms with Crippen molar-refractivity contribution in [1.82, 2.24) is 4.90 Å². The molecule has 1 heterocycles. The minimum Gasteiger partial charge on any atom is -0.338 e. The monoisotopic (exact) mass is 212 g/mol. The summed E-state index contributed by atoms with van der Waals surface area (Å²) in [5.74, 6) is 1.43. The minimum absolute atomic E-state index is 0.278. The molecule has 1 rings (SSSR count). The van der Waals surface area contributed by atoms with Crippen molar-refractivity contribution in [2.45, 2.75) is 46.1 Å². The average molecular weight is 212 g/mol. The largest absolute Gasteiger partial charge is 0.338 e. The number of rotatable bonds is 3. The van der Waals surface area contributed by atoms with Gasteiger partial charge in [-0.25, -0.2) is 0 Å². The van der Waals surface area contributed by atoms with Crippen LogP contribution in [0.1, 0.15) is 40.0 Å². The normalized spacial score (nSPS) is 27.1. The van der Waals surface area contributed by atoms with Gasteiger partial charge < -0.3 is 10.6 Å². The lowest BCUT2D eigenvalue weighted by Gasteiger charge is -2.38. The number of amides is 1. The molecule has 15 heavy (non-hydrogen) atoms. The number of hydrogen-bond donors (Lipinski definition) is 1. The molecule has 1 aliphatic rings. The summed E-state index contributed by atoms with van der Waals surface area (Å²) in [5, 5.41) is 0. The van der Waals surface area contributed by atoms with E-state index in [2.05, 4.69) is 20.8 Å². The Bertz CT molecular complexity index is 216. The molecular weight excluding hydrogens is 188 g/mol. The number of likely N-dealkylation sites (tertiary alicyclic amines) is 1. The quantitative estimate of drug-likeness (QED) is 0.772. The summed E-state index contributed by atoms with van der Waals surface area (Å²) in [6.07, 6.45) is 2.85. The highest BCUT2D eigenvalue weighted by Crippen LogP contribution is 2.23. The van der Waals surface area contributed by atoms with Crippen LogP contribution in [-0.4, -0.2) is 29.9 Å². The third kappa shape index (κ3) is 3.49. The van der Waals surface area contributed by atoms with Crippen molar-refractivity contribution in [2.24, 2.45) is 17.6 Å². The second-order valence-corrected chi connectivity index (χ2v) is 5.20. The maximum atomic E-state index is 12.0. The van der Waals surface area contributed by atoms with Gasteiger partial charge in [0.15, 0.2) is 0 Å². The molecule has 0 saturated carbocycles. The zero-order valence-electron chi connectivity index (χ0n) is 10.2. The van der Waals surface area contributed by atoms with E-state index in [9.17, 15) is 4.79 Å². The summed E-state index contributed by atoms with van der Waals surface area (Å²) in [6, 6.07) is 0.278. The molecule has 3 nitrogen and oxygen atoms in total. The summed E-state index contributed by atoms with van der Waals surface area (Å²) >= 11 is 0. The van der Waals surface area contributed by atoms with Crippen molar-refractivity contribution in [1.29, 1.82) is 0 Å². The minimum atomic E-state index is 0.278. The number of carbonyl (C=O) groups is 1. The Morgan fingerprint density at radius 2 is 2.20 bits per heavy atom. The molecule has 1 fully saturated rings. The highest BCUT2D eigenvalue weighted by atomic mass is 16.2. The third-order valence-corrected chi connectivity index (χ3v) is 3.15. The first-order valence-corrected chi connectivity index (χ1v) is 6.04. The van der Waals surface area contributed by atoms with Crippen molar-refractivity contribution >= 4 is 5.91 Å². The molecule has 1 amide bonds. The van der Waals surface area contributed by atoms with Crippen molar-refractivity contribution in [3.63, 3.8) is 0 Å². The van der Waals surface area contributed by atoms with Crippen LogP contribution in [0.4, 0.5) is 0 Å². The van der Waals surface area contributed by atoms with E-state index in [1.807, 2.05) is 4.90 Å². The molecule has 0 aromatic heterocycles. The molecule has 1 aliphatic heterocycles. The fourth-order valence-corrected chi connectivity index (χ4v) is 2.27. The summed E-state index contributed by atoms with van der Waals surface area (Å²) in [4.78, 5) is 14.0. The summed E-state index contributed by atoms with van der Waals surface area (Å²) in [6.45, 7) is 7.92. The second-order valence-electron chi connectivity index (χ2n) is 5.20. The molecule has 0 radical (unpaired) electrons. The third-order valence-electron chi connectivity index (χ3n) is 3.15. The van der Waals surface area contributed by atoms with Gasteiger partial charge in [-0.15, -0.1) is 0 Å². The Morgan fingerprint density at radius 1 is 1.53 bits per heavy atom. The number of carbonyl (C=O) groups excluding carboxylic acids is 1. The first-order chi connectivity index (χ1) is 7.04. The van der Waals surface area contributed by atoms with Crippen molar-refractivity contribution in [3.05, 3.63) is 0 Å². The van der Waals surface area contributed by atoms with Gasteiger partial charge in [-0.1, -0.05) is 20.8 Å². The molecule has 0 spiro atoms. The number of nitrogens with zero attached hydrogens (tertiary/aromatic N) is 1. The zero-order valence-corrected chi connectivity index (χ0v) is 10.2. The Balaban J connectivity index is 2.55. The molecule has 3 heteroatoms. The number of hydrogen-bond acceptors (Lipinski definition) is 2. The first kappa shape index (κ1) is 12.5. The predicted octanol–water partition coefficient (Wildman–Crippen LogP) is 1.62. The Hall–Kier alpha value is -0.570. The lowest BCUT2D eigenvalue weighted by atomic mass is 9.92. The van der Waals surface area contributed by atoms with E-state index in [4.69, 9.17) is 5.73 Å². The van der Waals surface area contributed by atoms with Crippen LogP contribution < -0.4 is 5.73 Å². The molecule has 0 bridgehead atoms. The van der Waals surface area contributed by atoms with Crippen LogP contribution in [0.5, 0.6) is 0 Å². The van der Waals surface area contributed by atoms with Gasteiger partial charge in [0.25, 0.3) is 0 Å². The van der Waals surface area contributed by atoms with Gasteiger partial charge in [0.05, 0.1) is 0 Å². The van der Waals surface area contributed by atoms with E-state index in [0.29, 0.717) is 24.8 Å². The van der Waals surface area contributed by atoms with Gasteiger partial charge in [-0.2, -0.15) is 0 Å². The standard InChI is InChI=1S/C12H24N2O/c1-9(2)6-12(15)14-5-4-10(3)7-11(14)8-13/h9-11H,4-8,13H2,1-3H3. The van der Waals surface area contributed by atoms with Gasteiger partial charge >= 0.3 is 0 Å². The zero-order chi connectivity index (χ0) is 11.4. The van der Waals surface area contributed by atoms with E-state index >= 15 is 0 Å². The van der Waals surface area contributed by atoms with Crippen LogP contribution >= 0.6 is 0 Å². The van der Waals surface area contributed by atoms with Gasteiger partial charge in [0.1, 0.15) is 0 Å². The lowest BCUT2D eigenvalue weighted by Crippen LogP contribution is -2.49. The summed E-state index contributed by atoms with van der Waals surface area (Å²) in [7, 11) is 0. The first-order valence-electron chi connectivity index (χ1n) is 6.04. The molecular formula is C12H24N2O. The number of piperidine rings is 1. The highest BCUT2D eigenvalue weighted by Gasteiger charge is 2.28. The molecule has 0 aliphatic carbocycles. The molecule has 88 valence electrons. The van der Waals surface area contributed by atoms with E-state index in [1.54, 1.807) is 0 Å². The van der Waals surface area contributed by atoms with Crippen molar-refractivity contribution in [3.8, 4) is 0 Å². The van der Waals surface area contributed by atoms with Crippen LogP contribution in [0.3, 0.4) is 0 Å². The SMILES string of the molecule is CC(C)CC(=O)N1CCC(C)CC1CN. The van der Waals surface area contributed by atoms with Crippen LogP contribution in [0.25, 0.3) is 0 Å². The Kier molecular flexibility index (Phi) is 4.58. The number of nitrogens with two attached hydrogens (primary N) is 1. The smallest absolute Gasteiger partial charge is 0.223 e. The maximum Gasteiger partial charge on any atom is 0.223 e. The van der Waals surface area contributed by atoms with Crippen molar-refractivity contribution < 1.29 is 4.79 Å². The van der Waals surface area contributed by atoms with Gasteiger partial charge in [-0.05, 0) is 24.7 Å². The van der Waals surface area contributed by atoms with Gasteiger partial charge in [0.2, 0.25) is 5.91 Å². The summed E-state index contributed by atoms with van der Waals surface area (Å²) in [5.41, 5.74) is 5.73. The molecule has 0 aromatic carbocycles. The predicted molar refractivity (Wildman–Crippen MR) is 62.4 cm³/mol. The van der Waals surface area contributed by atoms with Gasteiger partial charge in [0, 0.05) is 25.6 Å². The van der Waals surface area contributed by atoms with Crippen LogP contribution in [0, 0.1) is 11.8 Å². The van der Waals surface area contributed by atoms with Crippen molar-refractivity contribution in [2.75, 3.05) is 13.1 Å². The maximum absolute atomic E-state index is 12.0. The fourth-order valence-electron chi connectivity index (χ4n) is 2.27. The fraction of sp³-hybridized carbons (Fsp3) is 0.917. The van der Waals surface area contributed by atoms with Crippen LogP contribution in [-0.2, 0) is 4.79 Å². The van der Waals surface area contributed by atoms with Gasteiger partial charge in [-0.3, -0.25) is 4.79 Å². The van der Waals surface area contributed by atoms with Crippen LogP contribution in [0.15, 0.2) is 0 Å². The average Bonchev–Trinajstić information content (AvgIpc) is 2.16. The molecule has 2 unspecified atom stereocenters. The van der Waals surface area contributed by atoms with Crippen LogP contribution in [0.2, 0.25) is 0 Å². The second kappa shape index (κ2) is 5.50. The Morgan fingerprint density at radius 3 is 2.73 bits per heavy atom. The molecule has 0 aromatic rings. The topological polar surface area (TPSA) is 46.3 Å². The summed E-state index contributed by atoms with van der Waals surface area (Å²) < 4.78 is 0.